The number of methoxy groups -OCH3 is 2. The van der Waals surface area contributed by atoms with Gasteiger partial charge in [0.25, 0.3) is 0 Å². The molecule has 1 aliphatic rings. The van der Waals surface area contributed by atoms with E-state index in [2.05, 4.69) is 25.2 Å². The number of fused-ring (bicyclic) bond motifs is 1. The summed E-state index contributed by atoms with van der Waals surface area (Å²) in [6, 6.07) is 15.7. The average Bonchev–Trinajstić information content (AvgIpc) is 3.07. The number of morpholine rings is 1. The highest BCUT2D eigenvalue weighted by atomic mass is 19.4. The summed E-state index contributed by atoms with van der Waals surface area (Å²) < 4.78 is 58.9. The first-order valence-electron chi connectivity index (χ1n) is 14.7. The molecule has 0 saturated carbocycles. The highest BCUT2D eigenvalue weighted by Crippen LogP contribution is 2.41. The predicted molar refractivity (Wildman–Crippen MR) is 172 cm³/mol. The first-order chi connectivity index (χ1) is 22.6. The van der Waals surface area contributed by atoms with Crippen molar-refractivity contribution in [2.75, 3.05) is 50.7 Å². The number of pyridine rings is 1. The summed E-state index contributed by atoms with van der Waals surface area (Å²) in [5.41, 5.74) is 7.94. The zero-order chi connectivity index (χ0) is 33.3. The summed E-state index contributed by atoms with van der Waals surface area (Å²) in [5, 5.41) is 3.79. The Balaban J connectivity index is 1.37. The second kappa shape index (κ2) is 12.8. The van der Waals surface area contributed by atoms with E-state index >= 15 is 0 Å². The molecule has 1 saturated heterocycles. The number of rotatable bonds is 8. The van der Waals surface area contributed by atoms with Gasteiger partial charge in [0, 0.05) is 53.1 Å². The van der Waals surface area contributed by atoms with Crippen molar-refractivity contribution < 1.29 is 32.2 Å². The first kappa shape index (κ1) is 31.5. The lowest BCUT2D eigenvalue weighted by molar-refractivity contribution is -0.137. The third-order valence-electron chi connectivity index (χ3n) is 7.97. The monoisotopic (exact) mass is 644 g/mol. The number of benzene rings is 3. The lowest BCUT2D eigenvalue weighted by Crippen LogP contribution is -2.36. The van der Waals surface area contributed by atoms with Crippen molar-refractivity contribution in [3.8, 4) is 34.0 Å². The molecule has 3 aromatic carbocycles. The highest BCUT2D eigenvalue weighted by molar-refractivity contribution is 6.01. The second-order valence-corrected chi connectivity index (χ2v) is 10.9. The number of aromatic nitrogens is 3. The Bertz CT molecular complexity index is 1980. The number of nitrogens with two attached hydrogens (primary N) is 1. The van der Waals surface area contributed by atoms with Gasteiger partial charge in [-0.3, -0.25) is 4.79 Å². The van der Waals surface area contributed by atoms with Crippen LogP contribution in [-0.2, 0) is 10.9 Å². The third kappa shape index (κ3) is 6.34. The summed E-state index contributed by atoms with van der Waals surface area (Å²) in [4.78, 5) is 28.2. The molecule has 0 aliphatic carbocycles. The molecule has 1 amide bonds. The molecule has 10 nitrogen and oxygen atoms in total. The van der Waals surface area contributed by atoms with E-state index in [1.807, 2.05) is 25.1 Å². The number of nitrogens with zero attached hydrogens (tertiary/aromatic N) is 4. The van der Waals surface area contributed by atoms with Crippen molar-refractivity contribution in [1.82, 2.24) is 15.0 Å². The highest BCUT2D eigenvalue weighted by Gasteiger charge is 2.35. The Kier molecular flexibility index (Phi) is 8.56. The van der Waals surface area contributed by atoms with E-state index in [0.29, 0.717) is 46.8 Å². The van der Waals surface area contributed by atoms with E-state index < -0.39 is 17.6 Å². The normalized spacial score (nSPS) is 13.4. The fraction of sp³-hybridized carbons (Fsp3) is 0.235. The van der Waals surface area contributed by atoms with Gasteiger partial charge in [0.1, 0.15) is 11.3 Å². The number of aryl methyl sites for hydroxylation is 1. The van der Waals surface area contributed by atoms with Gasteiger partial charge >= 0.3 is 6.18 Å². The van der Waals surface area contributed by atoms with Gasteiger partial charge in [0.2, 0.25) is 17.7 Å². The molecule has 0 atom stereocenters. The van der Waals surface area contributed by atoms with Crippen LogP contribution in [0.25, 0.3) is 33.3 Å². The largest absolute Gasteiger partial charge is 0.494 e. The number of ether oxygens (including phenoxy) is 3. The van der Waals surface area contributed by atoms with Crippen LogP contribution in [0.2, 0.25) is 0 Å². The quantitative estimate of drug-likeness (QED) is 0.198. The van der Waals surface area contributed by atoms with Crippen LogP contribution in [0.5, 0.6) is 11.6 Å². The van der Waals surface area contributed by atoms with Gasteiger partial charge < -0.3 is 30.2 Å². The van der Waals surface area contributed by atoms with Crippen LogP contribution >= 0.6 is 0 Å². The van der Waals surface area contributed by atoms with Gasteiger partial charge in [0.05, 0.1) is 44.4 Å². The summed E-state index contributed by atoms with van der Waals surface area (Å²) in [6.45, 7) is 4.72. The smallest absolute Gasteiger partial charge is 0.417 e. The number of nitrogens with one attached hydrogen (secondary N) is 1. The van der Waals surface area contributed by atoms with Crippen LogP contribution in [-0.4, -0.2) is 61.4 Å². The number of carbonyl (C=O) groups is 1. The Morgan fingerprint density at radius 2 is 1.79 bits per heavy atom. The Morgan fingerprint density at radius 1 is 1.00 bits per heavy atom. The molecule has 3 N–H and O–H groups in total. The van der Waals surface area contributed by atoms with Gasteiger partial charge in [-0.1, -0.05) is 18.2 Å². The lowest BCUT2D eigenvalue weighted by Gasteiger charge is -2.29. The van der Waals surface area contributed by atoms with Gasteiger partial charge in [0.15, 0.2) is 0 Å². The second-order valence-electron chi connectivity index (χ2n) is 10.9. The summed E-state index contributed by atoms with van der Waals surface area (Å²) in [6.07, 6.45) is -3.11. The van der Waals surface area contributed by atoms with Crippen molar-refractivity contribution in [2.45, 2.75) is 13.1 Å². The molecule has 3 heterocycles. The molecule has 0 bridgehead atoms. The maximum atomic E-state index is 14.0. The van der Waals surface area contributed by atoms with Gasteiger partial charge in [-0.05, 0) is 54.4 Å². The van der Waals surface area contributed by atoms with Crippen molar-refractivity contribution in [3.63, 3.8) is 0 Å². The van der Waals surface area contributed by atoms with E-state index in [1.165, 1.54) is 19.2 Å². The van der Waals surface area contributed by atoms with Gasteiger partial charge in [-0.2, -0.15) is 13.2 Å². The van der Waals surface area contributed by atoms with Gasteiger partial charge in [-0.25, -0.2) is 15.0 Å². The predicted octanol–water partition coefficient (Wildman–Crippen LogP) is 6.38. The minimum Gasteiger partial charge on any atom is -0.494 e. The van der Waals surface area contributed by atoms with Crippen LogP contribution in [0.15, 0.2) is 66.9 Å². The maximum absolute atomic E-state index is 14.0. The Labute approximate surface area is 268 Å². The topological polar surface area (TPSA) is 125 Å². The average molecular weight is 645 g/mol. The molecule has 0 radical (unpaired) electrons. The molecule has 2 aromatic heterocycles. The zero-order valence-electron chi connectivity index (χ0n) is 25.8. The summed E-state index contributed by atoms with van der Waals surface area (Å²) in [7, 11) is 3.04. The van der Waals surface area contributed by atoms with Crippen molar-refractivity contribution in [2.24, 2.45) is 5.73 Å². The summed E-state index contributed by atoms with van der Waals surface area (Å²) >= 11 is 0. The number of hydrogen-bond acceptors (Lipinski definition) is 9. The zero-order valence-corrected chi connectivity index (χ0v) is 25.8. The number of alkyl halides is 3. The van der Waals surface area contributed by atoms with Crippen LogP contribution < -0.4 is 25.4 Å². The Morgan fingerprint density at radius 3 is 2.49 bits per heavy atom. The molecule has 242 valence electrons. The Hall–Kier alpha value is -5.43. The molecule has 13 heteroatoms. The SMILES string of the molecule is COc1cc(N2CCOCC2)ccc1Nc1ncc2cc(-c3cc(-c4c(C(N)=O)cccc4C(F)(F)F)ccc3C)nc(OC)c2n1. The first-order valence-corrected chi connectivity index (χ1v) is 14.7. The maximum Gasteiger partial charge on any atom is 0.417 e. The molecule has 0 spiro atoms. The fourth-order valence-electron chi connectivity index (χ4n) is 5.63. The third-order valence-corrected chi connectivity index (χ3v) is 7.97. The van der Waals surface area contributed by atoms with E-state index in [4.69, 9.17) is 19.9 Å². The van der Waals surface area contributed by atoms with E-state index in [0.717, 1.165) is 36.5 Å². The molecular weight excluding hydrogens is 613 g/mol. The minimum absolute atomic E-state index is 0.164. The number of halogens is 3. The molecule has 0 unspecified atom stereocenters. The molecule has 1 fully saturated rings. The fourth-order valence-corrected chi connectivity index (χ4v) is 5.63. The van der Waals surface area contributed by atoms with Crippen LogP contribution in [0, 0.1) is 6.92 Å². The number of carbonyl (C=O) groups excluding carboxylic acids is 1. The molecule has 47 heavy (non-hydrogen) atoms. The van der Waals surface area contributed by atoms with E-state index in [-0.39, 0.29) is 28.5 Å². The van der Waals surface area contributed by atoms with Gasteiger partial charge in [-0.15, -0.1) is 0 Å². The minimum atomic E-state index is -4.71. The number of hydrogen-bond donors (Lipinski definition) is 2. The number of primary amides is 1. The molecule has 5 aromatic rings. The number of anilines is 3. The lowest BCUT2D eigenvalue weighted by atomic mass is 9.90. The van der Waals surface area contributed by atoms with Crippen LogP contribution in [0.3, 0.4) is 0 Å². The van der Waals surface area contributed by atoms with E-state index in [9.17, 15) is 18.0 Å². The molecule has 6 rings (SSSR count). The van der Waals surface area contributed by atoms with E-state index in [1.54, 1.807) is 31.5 Å². The number of amides is 1. The van der Waals surface area contributed by atoms with Crippen LogP contribution in [0.4, 0.5) is 30.5 Å². The standard InChI is InChI=1S/C34H31F3N6O4/c1-19-7-8-20(29-23(31(38)44)5-4-6-25(29)34(35,36)37)15-24(19)27-16-21-18-39-33(42-30(21)32(40-27)46-3)41-26-10-9-22(17-28(26)45-2)43-11-13-47-14-12-43/h4-10,15-18H,11-14H2,1-3H3,(H2,38,44)(H,39,41,42). The van der Waals surface area contributed by atoms with Crippen molar-refractivity contribution in [1.29, 1.82) is 0 Å². The van der Waals surface area contributed by atoms with Crippen molar-refractivity contribution in [3.05, 3.63) is 83.6 Å². The van der Waals surface area contributed by atoms with Crippen molar-refractivity contribution >= 4 is 34.1 Å². The van der Waals surface area contributed by atoms with Crippen LogP contribution in [0.1, 0.15) is 21.5 Å². The summed E-state index contributed by atoms with van der Waals surface area (Å²) in [5.74, 6) is 0.116. The molecular formula is C34H31F3N6O4. The molecule has 1 aliphatic heterocycles.